The van der Waals surface area contributed by atoms with E-state index in [0.29, 0.717) is 19.3 Å². The fourth-order valence-corrected chi connectivity index (χ4v) is 9.38. The molecule has 0 aromatic heterocycles. The first kappa shape index (κ1) is 69.4. The van der Waals surface area contributed by atoms with E-state index >= 15 is 0 Å². The van der Waals surface area contributed by atoms with Gasteiger partial charge < -0.3 is 14.2 Å². The molecule has 0 aliphatic carbocycles. The average Bonchev–Trinajstić information content (AvgIpc) is 3.38. The van der Waals surface area contributed by atoms with E-state index in [1.807, 2.05) is 0 Å². The van der Waals surface area contributed by atoms with Gasteiger partial charge in [0.2, 0.25) is 0 Å². The van der Waals surface area contributed by atoms with Gasteiger partial charge in [0.1, 0.15) is 13.2 Å². The van der Waals surface area contributed by atoms with Crippen LogP contribution in [0.25, 0.3) is 0 Å². The topological polar surface area (TPSA) is 78.9 Å². The Hall–Kier alpha value is -2.63. The summed E-state index contributed by atoms with van der Waals surface area (Å²) in [5, 5.41) is 0. The van der Waals surface area contributed by atoms with Crippen LogP contribution in [0.5, 0.6) is 0 Å². The lowest BCUT2D eigenvalue weighted by atomic mass is 10.0. The van der Waals surface area contributed by atoms with Crippen molar-refractivity contribution in [3.8, 4) is 0 Å². The largest absolute Gasteiger partial charge is 0.462 e. The number of ether oxygens (including phenoxy) is 3. The molecule has 6 heteroatoms. The summed E-state index contributed by atoms with van der Waals surface area (Å²) >= 11 is 0. The lowest BCUT2D eigenvalue weighted by Crippen LogP contribution is -2.30. The lowest BCUT2D eigenvalue weighted by molar-refractivity contribution is -0.167. The third-order valence-corrected chi connectivity index (χ3v) is 14.1. The zero-order valence-electron chi connectivity index (χ0n) is 48.2. The minimum Gasteiger partial charge on any atom is -0.462 e. The van der Waals surface area contributed by atoms with Gasteiger partial charge in [0, 0.05) is 19.3 Å². The highest BCUT2D eigenvalue weighted by atomic mass is 16.6. The molecule has 0 aromatic rings. The number of unbranched alkanes of at least 4 members (excludes halogenated alkanes) is 39. The molecule has 0 aromatic carbocycles. The number of hydrogen-bond donors (Lipinski definition) is 0. The Balaban J connectivity index is 4.31. The molecule has 0 N–H and O–H groups in total. The van der Waals surface area contributed by atoms with Gasteiger partial charge in [-0.3, -0.25) is 14.4 Å². The molecule has 0 rings (SSSR count). The second kappa shape index (κ2) is 60.9. The van der Waals surface area contributed by atoms with Crippen molar-refractivity contribution in [1.82, 2.24) is 0 Å². The summed E-state index contributed by atoms with van der Waals surface area (Å²) < 4.78 is 16.9. The molecular weight excluding hydrogens is 889 g/mol. The van der Waals surface area contributed by atoms with Crippen LogP contribution >= 0.6 is 0 Å². The number of carbonyl (C=O) groups excluding carboxylic acids is 3. The summed E-state index contributed by atoms with van der Waals surface area (Å²) in [5.41, 5.74) is 0. The summed E-state index contributed by atoms with van der Waals surface area (Å²) in [6.07, 6.45) is 75.4. The molecule has 1 atom stereocenters. The fraction of sp³-hybridized carbons (Fsp3) is 0.833. The molecular formula is C66H120O6. The lowest BCUT2D eigenvalue weighted by Gasteiger charge is -2.18. The van der Waals surface area contributed by atoms with Crippen molar-refractivity contribution in [3.63, 3.8) is 0 Å². The third kappa shape index (κ3) is 58.3. The molecule has 0 bridgehead atoms. The van der Waals surface area contributed by atoms with Crippen LogP contribution < -0.4 is 0 Å². The standard InChI is InChI=1S/C66H120O6/c1-4-7-10-13-16-19-22-25-27-29-31-33-35-36-38-41-44-47-50-53-56-59-65(68)71-62-63(61-70-64(67)58-55-52-49-46-43-40-24-21-18-15-12-9-6-3)72-66(69)60-57-54-51-48-45-42-39-37-34-32-30-28-26-23-20-17-14-11-8-5-2/h7,10,16,19,25,27,31,33,63H,4-6,8-9,11-15,17-18,20-24,26,28-30,32,34-62H2,1-3H3/b10-7-,19-16-,27-25-,33-31-. The van der Waals surface area contributed by atoms with E-state index in [1.165, 1.54) is 205 Å². The second-order valence-electron chi connectivity index (χ2n) is 21.3. The summed E-state index contributed by atoms with van der Waals surface area (Å²) in [7, 11) is 0. The molecule has 72 heavy (non-hydrogen) atoms. The Kier molecular flexibility index (Phi) is 58.7. The molecule has 6 nitrogen and oxygen atoms in total. The van der Waals surface area contributed by atoms with Crippen molar-refractivity contribution in [2.45, 2.75) is 341 Å². The summed E-state index contributed by atoms with van der Waals surface area (Å²) in [6, 6.07) is 0. The van der Waals surface area contributed by atoms with E-state index in [-0.39, 0.29) is 31.1 Å². The van der Waals surface area contributed by atoms with Gasteiger partial charge in [-0.25, -0.2) is 0 Å². The van der Waals surface area contributed by atoms with Crippen LogP contribution in [0.4, 0.5) is 0 Å². The first-order valence-corrected chi connectivity index (χ1v) is 31.6. The van der Waals surface area contributed by atoms with Crippen molar-refractivity contribution < 1.29 is 28.6 Å². The van der Waals surface area contributed by atoms with Crippen molar-refractivity contribution in [3.05, 3.63) is 48.6 Å². The Labute approximate surface area is 448 Å². The van der Waals surface area contributed by atoms with Crippen LogP contribution in [-0.2, 0) is 28.6 Å². The number of rotatable bonds is 58. The van der Waals surface area contributed by atoms with Crippen molar-refractivity contribution in [2.24, 2.45) is 0 Å². The first-order valence-electron chi connectivity index (χ1n) is 31.6. The minimum absolute atomic E-state index is 0.0704. The monoisotopic (exact) mass is 1010 g/mol. The molecule has 0 aliphatic rings. The van der Waals surface area contributed by atoms with Crippen molar-refractivity contribution in [1.29, 1.82) is 0 Å². The van der Waals surface area contributed by atoms with Crippen LogP contribution in [0.3, 0.4) is 0 Å². The Morgan fingerprint density at radius 3 is 0.847 bits per heavy atom. The van der Waals surface area contributed by atoms with Gasteiger partial charge in [0.25, 0.3) is 0 Å². The minimum atomic E-state index is -0.773. The maximum atomic E-state index is 12.9. The van der Waals surface area contributed by atoms with E-state index < -0.39 is 6.10 Å². The zero-order valence-corrected chi connectivity index (χ0v) is 48.2. The van der Waals surface area contributed by atoms with Crippen LogP contribution in [0.2, 0.25) is 0 Å². The molecule has 0 fully saturated rings. The molecule has 0 radical (unpaired) electrons. The molecule has 0 amide bonds. The fourth-order valence-electron chi connectivity index (χ4n) is 9.38. The SMILES string of the molecule is CC/C=C\C/C=C\C/C=C\C/C=C\CCCCCCCCCCC(=O)OCC(COC(=O)CCCCCCCCCCCCCCC)OC(=O)CCCCCCCCCCCCCCCCCCCCCC. The summed E-state index contributed by atoms with van der Waals surface area (Å²) in [5.74, 6) is -0.856. The molecule has 0 spiro atoms. The smallest absolute Gasteiger partial charge is 0.306 e. The van der Waals surface area contributed by atoms with Gasteiger partial charge in [0.05, 0.1) is 0 Å². The first-order chi connectivity index (χ1) is 35.5. The van der Waals surface area contributed by atoms with E-state index in [0.717, 1.165) is 89.9 Å². The zero-order chi connectivity index (χ0) is 52.2. The van der Waals surface area contributed by atoms with Crippen LogP contribution in [-0.4, -0.2) is 37.2 Å². The second-order valence-corrected chi connectivity index (χ2v) is 21.3. The Bertz CT molecular complexity index is 1250. The van der Waals surface area contributed by atoms with Crippen LogP contribution in [0.15, 0.2) is 48.6 Å². The average molecular weight is 1010 g/mol. The number of carbonyl (C=O) groups is 3. The van der Waals surface area contributed by atoms with Gasteiger partial charge in [-0.2, -0.15) is 0 Å². The predicted molar refractivity (Wildman–Crippen MR) is 312 cm³/mol. The van der Waals surface area contributed by atoms with Gasteiger partial charge in [-0.1, -0.05) is 307 Å². The van der Waals surface area contributed by atoms with Gasteiger partial charge in [0.15, 0.2) is 6.10 Å². The van der Waals surface area contributed by atoms with Crippen molar-refractivity contribution >= 4 is 17.9 Å². The highest BCUT2D eigenvalue weighted by Crippen LogP contribution is 2.18. The summed E-state index contributed by atoms with van der Waals surface area (Å²) in [4.78, 5) is 38.3. The highest BCUT2D eigenvalue weighted by Gasteiger charge is 2.19. The highest BCUT2D eigenvalue weighted by molar-refractivity contribution is 5.71. The molecule has 1 unspecified atom stereocenters. The molecule has 420 valence electrons. The van der Waals surface area contributed by atoms with E-state index in [1.54, 1.807) is 0 Å². The Morgan fingerprint density at radius 1 is 0.292 bits per heavy atom. The quantitative estimate of drug-likeness (QED) is 0.0261. The normalized spacial score (nSPS) is 12.3. The van der Waals surface area contributed by atoms with Gasteiger partial charge in [-0.15, -0.1) is 0 Å². The molecule has 0 saturated heterocycles. The molecule has 0 saturated carbocycles. The molecule has 0 heterocycles. The number of allylic oxidation sites excluding steroid dienone is 8. The maximum Gasteiger partial charge on any atom is 0.306 e. The maximum absolute atomic E-state index is 12.9. The van der Waals surface area contributed by atoms with Gasteiger partial charge in [-0.05, 0) is 57.8 Å². The molecule has 0 aliphatic heterocycles. The number of hydrogen-bond acceptors (Lipinski definition) is 6. The van der Waals surface area contributed by atoms with Crippen LogP contribution in [0, 0.1) is 0 Å². The number of esters is 3. The summed E-state index contributed by atoms with van der Waals surface area (Å²) in [6.45, 7) is 6.58. The van der Waals surface area contributed by atoms with Crippen LogP contribution in [0.1, 0.15) is 335 Å². The van der Waals surface area contributed by atoms with E-state index in [4.69, 9.17) is 14.2 Å². The Morgan fingerprint density at radius 2 is 0.542 bits per heavy atom. The van der Waals surface area contributed by atoms with E-state index in [9.17, 15) is 14.4 Å². The van der Waals surface area contributed by atoms with Gasteiger partial charge >= 0.3 is 17.9 Å². The van der Waals surface area contributed by atoms with Crippen molar-refractivity contribution in [2.75, 3.05) is 13.2 Å². The third-order valence-electron chi connectivity index (χ3n) is 14.1. The van der Waals surface area contributed by atoms with E-state index in [2.05, 4.69) is 69.4 Å². The predicted octanol–water partition coefficient (Wildman–Crippen LogP) is 21.4.